The number of hydrogen-bond acceptors (Lipinski definition) is 2. The van der Waals surface area contributed by atoms with Crippen LogP contribution in [0.25, 0.3) is 0 Å². The summed E-state index contributed by atoms with van der Waals surface area (Å²) in [6.07, 6.45) is 0. The molecule has 20 heavy (non-hydrogen) atoms. The first-order chi connectivity index (χ1) is 9.72. The quantitative estimate of drug-likeness (QED) is 0.870. The van der Waals surface area contributed by atoms with Crippen LogP contribution in [0.5, 0.6) is 5.75 Å². The van der Waals surface area contributed by atoms with Gasteiger partial charge in [-0.05, 0) is 29.8 Å². The fraction of sp³-hybridized carbons (Fsp3) is 0.250. The summed E-state index contributed by atoms with van der Waals surface area (Å²) in [5, 5.41) is 3.23. The van der Waals surface area contributed by atoms with Gasteiger partial charge < -0.3 is 10.1 Å². The summed E-state index contributed by atoms with van der Waals surface area (Å²) in [7, 11) is 0. The van der Waals surface area contributed by atoms with Crippen LogP contribution in [0.15, 0.2) is 42.5 Å². The van der Waals surface area contributed by atoms with Crippen molar-refractivity contribution in [3.8, 4) is 5.75 Å². The van der Waals surface area contributed by atoms with Crippen LogP contribution in [0.2, 0.25) is 0 Å². The van der Waals surface area contributed by atoms with Gasteiger partial charge in [0.05, 0.1) is 0 Å². The highest BCUT2D eigenvalue weighted by Gasteiger charge is 2.09. The normalized spacial score (nSPS) is 10.6. The van der Waals surface area contributed by atoms with E-state index in [2.05, 4.69) is 5.32 Å². The molecule has 0 spiro atoms. The zero-order chi connectivity index (χ0) is 14.4. The van der Waals surface area contributed by atoms with Crippen LogP contribution in [0.4, 0.5) is 8.78 Å². The van der Waals surface area contributed by atoms with Crippen molar-refractivity contribution in [2.24, 2.45) is 0 Å². The van der Waals surface area contributed by atoms with E-state index in [4.69, 9.17) is 4.74 Å². The monoisotopic (exact) mass is 277 g/mol. The summed E-state index contributed by atoms with van der Waals surface area (Å²) in [4.78, 5) is 0. The third-order valence-corrected chi connectivity index (χ3v) is 2.98. The van der Waals surface area contributed by atoms with E-state index >= 15 is 0 Å². The molecule has 0 amide bonds. The molecule has 0 atom stereocenters. The van der Waals surface area contributed by atoms with Gasteiger partial charge in [0.2, 0.25) is 5.82 Å². The van der Waals surface area contributed by atoms with Crippen LogP contribution in [0, 0.1) is 11.6 Å². The molecule has 0 heterocycles. The fourth-order valence-corrected chi connectivity index (χ4v) is 1.88. The molecule has 1 N–H and O–H groups in total. The molecular weight excluding hydrogens is 260 g/mol. The maximum atomic E-state index is 13.5. The van der Waals surface area contributed by atoms with Crippen LogP contribution in [0.1, 0.15) is 18.1 Å². The third-order valence-electron chi connectivity index (χ3n) is 2.98. The van der Waals surface area contributed by atoms with Gasteiger partial charge >= 0.3 is 0 Å². The predicted octanol–water partition coefficient (Wildman–Crippen LogP) is 3.65. The molecule has 0 unspecified atom stereocenters. The van der Waals surface area contributed by atoms with Gasteiger partial charge in [-0.3, -0.25) is 0 Å². The van der Waals surface area contributed by atoms with Gasteiger partial charge in [-0.15, -0.1) is 0 Å². The first-order valence-corrected chi connectivity index (χ1v) is 6.56. The second kappa shape index (κ2) is 7.01. The SMILES string of the molecule is CCNCc1ccccc1COc1cccc(F)c1F. The molecule has 106 valence electrons. The maximum absolute atomic E-state index is 13.5. The zero-order valence-electron chi connectivity index (χ0n) is 11.3. The van der Waals surface area contributed by atoms with Crippen LogP contribution >= 0.6 is 0 Å². The Labute approximate surface area is 117 Å². The van der Waals surface area contributed by atoms with E-state index in [1.807, 2.05) is 31.2 Å². The Morgan fingerprint density at radius 1 is 1.00 bits per heavy atom. The van der Waals surface area contributed by atoms with Gasteiger partial charge in [-0.1, -0.05) is 37.3 Å². The summed E-state index contributed by atoms with van der Waals surface area (Å²) in [6.45, 7) is 3.83. The second-order valence-electron chi connectivity index (χ2n) is 4.39. The van der Waals surface area contributed by atoms with E-state index in [-0.39, 0.29) is 12.4 Å². The molecule has 0 aliphatic rings. The molecule has 0 aliphatic heterocycles. The average Bonchev–Trinajstić information content (AvgIpc) is 2.47. The summed E-state index contributed by atoms with van der Waals surface area (Å²) >= 11 is 0. The van der Waals surface area contributed by atoms with E-state index in [9.17, 15) is 8.78 Å². The number of nitrogens with one attached hydrogen (secondary N) is 1. The Bertz CT molecular complexity index is 572. The summed E-state index contributed by atoms with van der Waals surface area (Å²) in [6, 6.07) is 11.7. The van der Waals surface area contributed by atoms with Crippen molar-refractivity contribution >= 4 is 0 Å². The van der Waals surface area contributed by atoms with Crippen LogP contribution < -0.4 is 10.1 Å². The third kappa shape index (κ3) is 3.54. The van der Waals surface area contributed by atoms with Crippen molar-refractivity contribution in [2.75, 3.05) is 6.54 Å². The molecule has 0 aromatic heterocycles. The van der Waals surface area contributed by atoms with E-state index in [1.165, 1.54) is 12.1 Å². The number of rotatable bonds is 6. The van der Waals surface area contributed by atoms with Gasteiger partial charge in [-0.25, -0.2) is 4.39 Å². The zero-order valence-corrected chi connectivity index (χ0v) is 11.3. The molecule has 2 rings (SSSR count). The lowest BCUT2D eigenvalue weighted by Crippen LogP contribution is -2.14. The minimum Gasteiger partial charge on any atom is -0.486 e. The standard InChI is InChI=1S/C16H17F2NO/c1-2-19-10-12-6-3-4-7-13(12)11-20-15-9-5-8-14(17)16(15)18/h3-9,19H,2,10-11H2,1H3. The Hall–Kier alpha value is -1.94. The van der Waals surface area contributed by atoms with Crippen molar-refractivity contribution in [3.63, 3.8) is 0 Å². The number of benzene rings is 2. The van der Waals surface area contributed by atoms with Gasteiger partial charge in [0.1, 0.15) is 6.61 Å². The molecule has 0 fully saturated rings. The lowest BCUT2D eigenvalue weighted by atomic mass is 10.1. The Kier molecular flexibility index (Phi) is 5.07. The Balaban J connectivity index is 2.09. The van der Waals surface area contributed by atoms with E-state index < -0.39 is 11.6 Å². The van der Waals surface area contributed by atoms with Crippen LogP contribution in [-0.4, -0.2) is 6.54 Å². The topological polar surface area (TPSA) is 21.3 Å². The van der Waals surface area contributed by atoms with Crippen molar-refractivity contribution < 1.29 is 13.5 Å². The van der Waals surface area contributed by atoms with E-state index in [1.54, 1.807) is 0 Å². The van der Waals surface area contributed by atoms with Gasteiger partial charge in [-0.2, -0.15) is 4.39 Å². The first kappa shape index (κ1) is 14.5. The predicted molar refractivity (Wildman–Crippen MR) is 74.5 cm³/mol. The highest BCUT2D eigenvalue weighted by Crippen LogP contribution is 2.21. The van der Waals surface area contributed by atoms with Crippen molar-refractivity contribution in [1.29, 1.82) is 0 Å². The molecule has 0 aliphatic carbocycles. The Morgan fingerprint density at radius 3 is 2.50 bits per heavy atom. The second-order valence-corrected chi connectivity index (χ2v) is 4.39. The average molecular weight is 277 g/mol. The van der Waals surface area contributed by atoms with Gasteiger partial charge in [0, 0.05) is 6.54 Å². The van der Waals surface area contributed by atoms with Crippen LogP contribution in [-0.2, 0) is 13.2 Å². The van der Waals surface area contributed by atoms with Gasteiger partial charge in [0.25, 0.3) is 0 Å². The molecule has 0 bridgehead atoms. The van der Waals surface area contributed by atoms with Crippen molar-refractivity contribution in [3.05, 3.63) is 65.2 Å². The first-order valence-electron chi connectivity index (χ1n) is 6.56. The number of hydrogen-bond donors (Lipinski definition) is 1. The molecule has 4 heteroatoms. The molecule has 0 saturated carbocycles. The molecule has 0 radical (unpaired) electrons. The summed E-state index contributed by atoms with van der Waals surface area (Å²) < 4.78 is 32.0. The maximum Gasteiger partial charge on any atom is 0.200 e. The summed E-state index contributed by atoms with van der Waals surface area (Å²) in [5.74, 6) is -1.91. The fourth-order valence-electron chi connectivity index (χ4n) is 1.88. The molecule has 2 aromatic rings. The largest absolute Gasteiger partial charge is 0.486 e. The smallest absolute Gasteiger partial charge is 0.200 e. The highest BCUT2D eigenvalue weighted by atomic mass is 19.2. The lowest BCUT2D eigenvalue weighted by Gasteiger charge is -2.12. The van der Waals surface area contributed by atoms with Crippen molar-refractivity contribution in [2.45, 2.75) is 20.1 Å². The lowest BCUT2D eigenvalue weighted by molar-refractivity contribution is 0.283. The molecular formula is C16H17F2NO. The minimum absolute atomic E-state index is 0.0664. The molecule has 2 nitrogen and oxygen atoms in total. The number of halogens is 2. The minimum atomic E-state index is -0.948. The highest BCUT2D eigenvalue weighted by molar-refractivity contribution is 5.29. The van der Waals surface area contributed by atoms with Crippen molar-refractivity contribution in [1.82, 2.24) is 5.32 Å². The van der Waals surface area contributed by atoms with E-state index in [0.29, 0.717) is 0 Å². The molecule has 2 aromatic carbocycles. The summed E-state index contributed by atoms with van der Waals surface area (Å²) in [5.41, 5.74) is 2.04. The van der Waals surface area contributed by atoms with Crippen LogP contribution in [0.3, 0.4) is 0 Å². The van der Waals surface area contributed by atoms with E-state index in [0.717, 1.165) is 30.3 Å². The molecule has 0 saturated heterocycles. The van der Waals surface area contributed by atoms with Gasteiger partial charge in [0.15, 0.2) is 11.6 Å². The number of ether oxygens (including phenoxy) is 1. The Morgan fingerprint density at radius 2 is 1.75 bits per heavy atom.